The van der Waals surface area contributed by atoms with Gasteiger partial charge < -0.3 is 35.2 Å². The molecule has 2 unspecified atom stereocenters. The Morgan fingerprint density at radius 1 is 0.698 bits per heavy atom. The number of rotatable bonds is 8. The number of hydrogen-bond donors (Lipinski definition) is 5. The topological polar surface area (TPSA) is 197 Å². The molecule has 0 aromatic heterocycles. The predicted molar refractivity (Wildman–Crippen MR) is 190 cm³/mol. The second-order valence-corrected chi connectivity index (χ2v) is 13.1. The summed E-state index contributed by atoms with van der Waals surface area (Å²) in [5, 5.41) is 38.2. The molecule has 0 saturated carbocycles. The zero-order valence-electron chi connectivity index (χ0n) is 29.4. The lowest BCUT2D eigenvalue weighted by Gasteiger charge is -2.48. The van der Waals surface area contributed by atoms with Crippen LogP contribution >= 0.6 is 0 Å². The smallest absolute Gasteiger partial charge is 0.407 e. The summed E-state index contributed by atoms with van der Waals surface area (Å²) in [4.78, 5) is 54.9. The van der Waals surface area contributed by atoms with Crippen molar-refractivity contribution in [1.82, 2.24) is 5.32 Å². The van der Waals surface area contributed by atoms with Crippen molar-refractivity contribution >= 4 is 30.0 Å². The SMILES string of the molecule is CC(C)(C)OC(=O)NCc1ccc(C(=O)O)cc1.CCOC1C2c3ccccc3C(c3ccccc32)C1C(=O)O.O=C(O)c1cccc(F)c1C(=O)O. The lowest BCUT2D eigenvalue weighted by Crippen LogP contribution is -2.48. The highest BCUT2D eigenvalue weighted by molar-refractivity contribution is 6.01. The maximum Gasteiger partial charge on any atom is 0.407 e. The summed E-state index contributed by atoms with van der Waals surface area (Å²) in [6.07, 6.45) is -0.790. The fourth-order valence-corrected chi connectivity index (χ4v) is 6.48. The molecule has 13 heteroatoms. The maximum absolute atomic E-state index is 12.8. The number of fused-ring (bicyclic) bond motifs is 1. The van der Waals surface area contributed by atoms with Crippen LogP contribution < -0.4 is 5.32 Å². The minimum Gasteiger partial charge on any atom is -0.481 e. The molecule has 4 aromatic carbocycles. The van der Waals surface area contributed by atoms with Crippen LogP contribution in [-0.4, -0.2) is 68.7 Å². The van der Waals surface area contributed by atoms with Gasteiger partial charge in [-0.2, -0.15) is 0 Å². The van der Waals surface area contributed by atoms with Crippen LogP contribution in [0.2, 0.25) is 0 Å². The van der Waals surface area contributed by atoms with Crippen molar-refractivity contribution in [2.75, 3.05) is 6.61 Å². The van der Waals surface area contributed by atoms with Crippen LogP contribution in [-0.2, 0) is 20.8 Å². The number of ether oxygens (including phenoxy) is 2. The van der Waals surface area contributed by atoms with Gasteiger partial charge in [-0.25, -0.2) is 23.6 Å². The standard InChI is InChI=1S/C19H18O3.C13H17NO4.C8H5FO4/c1-2-22-18-16-13-9-5-3-7-11(13)15(17(18)19(20)21)12-8-4-6-10-14(12)16;1-13(2,3)18-12(17)14-8-9-4-6-10(7-5-9)11(15)16;9-5-3-1-2-4(7(10)11)6(5)8(12)13/h3-10,15-18H,2H2,1H3,(H,20,21);4-7H,8H2,1-3H3,(H,14,17)(H,15,16);1-3H,(H,10,11)(H,12,13). The van der Waals surface area contributed by atoms with Crippen LogP contribution in [0, 0.1) is 11.7 Å². The Labute approximate surface area is 304 Å². The van der Waals surface area contributed by atoms with Gasteiger partial charge in [-0.05, 0) is 79.8 Å². The van der Waals surface area contributed by atoms with E-state index in [9.17, 15) is 33.5 Å². The molecule has 3 aliphatic carbocycles. The van der Waals surface area contributed by atoms with Crippen LogP contribution in [0.3, 0.4) is 0 Å². The van der Waals surface area contributed by atoms with Crippen LogP contribution in [0.4, 0.5) is 9.18 Å². The first-order valence-corrected chi connectivity index (χ1v) is 16.6. The molecule has 0 fully saturated rings. The summed E-state index contributed by atoms with van der Waals surface area (Å²) >= 11 is 0. The van der Waals surface area contributed by atoms with E-state index in [0.717, 1.165) is 34.9 Å². The number of alkyl carbamates (subject to hydrolysis) is 1. The first-order valence-electron chi connectivity index (χ1n) is 16.6. The largest absolute Gasteiger partial charge is 0.481 e. The number of amides is 1. The maximum atomic E-state index is 12.8. The second kappa shape index (κ2) is 17.0. The van der Waals surface area contributed by atoms with Crippen LogP contribution in [0.5, 0.6) is 0 Å². The molecule has 0 aliphatic heterocycles. The van der Waals surface area contributed by atoms with Gasteiger partial charge in [0.2, 0.25) is 0 Å². The highest BCUT2D eigenvalue weighted by atomic mass is 19.1. The molecule has 0 spiro atoms. The molecule has 2 bridgehead atoms. The summed E-state index contributed by atoms with van der Waals surface area (Å²) in [5.74, 6) is -6.46. The summed E-state index contributed by atoms with van der Waals surface area (Å²) in [6.45, 7) is 8.12. The molecule has 278 valence electrons. The van der Waals surface area contributed by atoms with E-state index in [0.29, 0.717) is 13.2 Å². The Morgan fingerprint density at radius 2 is 1.23 bits per heavy atom. The average Bonchev–Trinajstić information content (AvgIpc) is 3.10. The fraction of sp³-hybridized carbons (Fsp3) is 0.275. The van der Waals surface area contributed by atoms with Crippen molar-refractivity contribution in [3.63, 3.8) is 0 Å². The molecule has 12 nitrogen and oxygen atoms in total. The Balaban J connectivity index is 0.000000184. The summed E-state index contributed by atoms with van der Waals surface area (Å²) < 4.78 is 23.8. The van der Waals surface area contributed by atoms with E-state index in [1.165, 1.54) is 23.3 Å². The minimum atomic E-state index is -1.59. The normalized spacial score (nSPS) is 17.7. The number of carbonyl (C=O) groups excluding carboxylic acids is 1. The molecule has 4 aromatic rings. The number of carboxylic acid groups (broad SMARTS) is 4. The fourth-order valence-electron chi connectivity index (χ4n) is 6.48. The van der Waals surface area contributed by atoms with Gasteiger partial charge >= 0.3 is 30.0 Å². The Bertz CT molecular complexity index is 1940. The number of benzene rings is 4. The third-order valence-electron chi connectivity index (χ3n) is 8.51. The van der Waals surface area contributed by atoms with E-state index in [-0.39, 0.29) is 23.5 Å². The van der Waals surface area contributed by atoms with Gasteiger partial charge in [-0.1, -0.05) is 66.7 Å². The monoisotopic (exact) mass is 729 g/mol. The Morgan fingerprint density at radius 3 is 1.64 bits per heavy atom. The lowest BCUT2D eigenvalue weighted by atomic mass is 9.57. The number of aromatic carboxylic acids is 3. The first-order chi connectivity index (χ1) is 25.0. The van der Waals surface area contributed by atoms with Gasteiger partial charge in [0.25, 0.3) is 0 Å². The van der Waals surface area contributed by atoms with Gasteiger partial charge in [-0.3, -0.25) is 4.79 Å². The van der Waals surface area contributed by atoms with Crippen molar-refractivity contribution < 1.29 is 58.3 Å². The highest BCUT2D eigenvalue weighted by Gasteiger charge is 2.53. The van der Waals surface area contributed by atoms with Crippen LogP contribution in [0.25, 0.3) is 0 Å². The zero-order chi connectivity index (χ0) is 39.0. The molecule has 0 heterocycles. The molecular formula is C40H40FNO11. The molecule has 3 aliphatic rings. The Kier molecular flexibility index (Phi) is 12.7. The molecular weight excluding hydrogens is 689 g/mol. The van der Waals surface area contributed by atoms with E-state index >= 15 is 0 Å². The average molecular weight is 730 g/mol. The molecule has 1 amide bonds. The summed E-state index contributed by atoms with van der Waals surface area (Å²) in [7, 11) is 0. The zero-order valence-corrected chi connectivity index (χ0v) is 29.4. The van der Waals surface area contributed by atoms with Gasteiger partial charge in [-0.15, -0.1) is 0 Å². The van der Waals surface area contributed by atoms with Crippen molar-refractivity contribution in [3.8, 4) is 0 Å². The van der Waals surface area contributed by atoms with E-state index in [1.54, 1.807) is 32.9 Å². The number of nitrogens with one attached hydrogen (secondary N) is 1. The predicted octanol–water partition coefficient (Wildman–Crippen LogP) is 7.01. The quantitative estimate of drug-likeness (QED) is 0.125. The summed E-state index contributed by atoms with van der Waals surface area (Å²) in [5.41, 5.74) is 3.88. The van der Waals surface area contributed by atoms with Crippen molar-refractivity contribution in [2.24, 2.45) is 5.92 Å². The molecule has 5 N–H and O–H groups in total. The third-order valence-corrected chi connectivity index (χ3v) is 8.51. The summed E-state index contributed by atoms with van der Waals surface area (Å²) in [6, 6.07) is 25.8. The molecule has 7 rings (SSSR count). The van der Waals surface area contributed by atoms with Crippen LogP contribution in [0.15, 0.2) is 91.0 Å². The number of halogens is 1. The van der Waals surface area contributed by atoms with Crippen molar-refractivity contribution in [3.05, 3.63) is 141 Å². The highest BCUT2D eigenvalue weighted by Crippen LogP contribution is 2.56. The first kappa shape index (κ1) is 39.7. The Hall–Kier alpha value is -6.08. The van der Waals surface area contributed by atoms with Crippen molar-refractivity contribution in [2.45, 2.75) is 57.8 Å². The number of aliphatic carboxylic acids is 1. The van der Waals surface area contributed by atoms with Gasteiger partial charge in [0.05, 0.1) is 23.1 Å². The number of carbonyl (C=O) groups is 5. The van der Waals surface area contributed by atoms with E-state index < -0.39 is 58.4 Å². The van der Waals surface area contributed by atoms with Gasteiger partial charge in [0, 0.05) is 25.0 Å². The van der Waals surface area contributed by atoms with Gasteiger partial charge in [0.15, 0.2) is 0 Å². The minimum absolute atomic E-state index is 0.0125. The number of hydrogen-bond acceptors (Lipinski definition) is 7. The van der Waals surface area contributed by atoms with Gasteiger partial charge in [0.1, 0.15) is 17.0 Å². The third kappa shape index (κ3) is 9.43. The van der Waals surface area contributed by atoms with Crippen LogP contribution in [0.1, 0.15) is 98.4 Å². The molecule has 53 heavy (non-hydrogen) atoms. The number of carboxylic acids is 4. The van der Waals surface area contributed by atoms with Crippen molar-refractivity contribution in [1.29, 1.82) is 0 Å². The molecule has 2 atom stereocenters. The van der Waals surface area contributed by atoms with E-state index in [4.69, 9.17) is 24.8 Å². The lowest BCUT2D eigenvalue weighted by molar-refractivity contribution is -0.150. The van der Waals surface area contributed by atoms with E-state index in [1.807, 2.05) is 31.2 Å². The molecule has 0 radical (unpaired) electrons. The van der Waals surface area contributed by atoms with E-state index in [2.05, 4.69) is 29.6 Å². The second-order valence-electron chi connectivity index (χ2n) is 13.1. The molecule has 0 saturated heterocycles.